The van der Waals surface area contributed by atoms with Crippen LogP contribution in [0, 0.1) is 29.1 Å². The summed E-state index contributed by atoms with van der Waals surface area (Å²) in [5.74, 6) is -4.28. The van der Waals surface area contributed by atoms with Crippen molar-refractivity contribution in [1.29, 1.82) is 0 Å². The summed E-state index contributed by atoms with van der Waals surface area (Å²) in [6.07, 6.45) is 2.24. The number of benzene rings is 1. The van der Waals surface area contributed by atoms with Crippen LogP contribution >= 0.6 is 0 Å². The summed E-state index contributed by atoms with van der Waals surface area (Å²) in [5.41, 5.74) is -0.761. The Morgan fingerprint density at radius 2 is 1.62 bits per heavy atom. The third kappa shape index (κ3) is 6.05. The van der Waals surface area contributed by atoms with E-state index in [4.69, 9.17) is 18.9 Å². The summed E-state index contributed by atoms with van der Waals surface area (Å²) in [7, 11) is 0. The molecular formula is C33H40O9. The molecule has 2 saturated carbocycles. The Labute approximate surface area is 246 Å². The molecule has 1 aromatic rings. The predicted octanol–water partition coefficient (Wildman–Crippen LogP) is 4.78. The van der Waals surface area contributed by atoms with Gasteiger partial charge < -0.3 is 18.9 Å². The summed E-state index contributed by atoms with van der Waals surface area (Å²) in [5, 5.41) is 0. The second-order valence-corrected chi connectivity index (χ2v) is 12.4. The Morgan fingerprint density at radius 1 is 0.952 bits per heavy atom. The Bertz CT molecular complexity index is 1320. The smallest absolute Gasteiger partial charge is 0.338 e. The van der Waals surface area contributed by atoms with E-state index in [-0.39, 0.29) is 30.3 Å². The minimum Gasteiger partial charge on any atom is -0.461 e. The lowest BCUT2D eigenvalue weighted by Crippen LogP contribution is -2.55. The first kappa shape index (κ1) is 31.2. The van der Waals surface area contributed by atoms with Crippen molar-refractivity contribution in [2.24, 2.45) is 29.1 Å². The molecule has 0 saturated heterocycles. The van der Waals surface area contributed by atoms with Gasteiger partial charge in [0.1, 0.15) is 18.8 Å². The molecule has 226 valence electrons. The van der Waals surface area contributed by atoms with E-state index in [0.29, 0.717) is 23.1 Å². The maximum atomic E-state index is 14.5. The molecule has 1 aromatic carbocycles. The molecule has 0 aliphatic heterocycles. The standard InChI is InChI=1S/C33H40O9/c1-18-15-26-25(32(26,6)7)14-13-24(17-39-20(3)34)29(40-21(4)35)27-28(41-31(38)23-11-9-8-10-12-23)19(2)16-33(27,30(18)37)42-22(5)36/h8-13,15,19,25-29H,14,16-17H2,1-7H3/b18-15+,24-13-/t19-,25-,26+,27+,28-,29?,33+/m0/s1. The zero-order chi connectivity index (χ0) is 31.0. The first-order chi connectivity index (χ1) is 19.7. The molecule has 3 aliphatic rings. The van der Waals surface area contributed by atoms with Crippen molar-refractivity contribution in [2.75, 3.05) is 6.61 Å². The lowest BCUT2D eigenvalue weighted by molar-refractivity contribution is -0.179. The Balaban J connectivity index is 1.94. The van der Waals surface area contributed by atoms with Crippen LogP contribution in [0.5, 0.6) is 0 Å². The molecular weight excluding hydrogens is 540 g/mol. The lowest BCUT2D eigenvalue weighted by atomic mass is 9.76. The van der Waals surface area contributed by atoms with Crippen LogP contribution in [0.25, 0.3) is 0 Å². The van der Waals surface area contributed by atoms with Gasteiger partial charge in [-0.3, -0.25) is 19.2 Å². The third-order valence-corrected chi connectivity index (χ3v) is 9.03. The van der Waals surface area contributed by atoms with Gasteiger partial charge in [0, 0.05) is 32.8 Å². The molecule has 1 unspecified atom stereocenters. The van der Waals surface area contributed by atoms with E-state index in [2.05, 4.69) is 13.8 Å². The Hall–Kier alpha value is -3.75. The lowest BCUT2D eigenvalue weighted by Gasteiger charge is -2.40. The van der Waals surface area contributed by atoms with Crippen LogP contribution in [-0.2, 0) is 38.1 Å². The molecule has 9 heteroatoms. The van der Waals surface area contributed by atoms with Gasteiger partial charge in [-0.05, 0) is 54.2 Å². The van der Waals surface area contributed by atoms with Crippen molar-refractivity contribution >= 4 is 29.7 Å². The largest absolute Gasteiger partial charge is 0.461 e. The van der Waals surface area contributed by atoms with Gasteiger partial charge in [0.15, 0.2) is 5.60 Å². The quantitative estimate of drug-likeness (QED) is 0.266. The van der Waals surface area contributed by atoms with Crippen LogP contribution in [0.4, 0.5) is 0 Å². The number of carbonyl (C=O) groups excluding carboxylic acids is 5. The summed E-state index contributed by atoms with van der Waals surface area (Å²) in [6.45, 7) is 11.3. The van der Waals surface area contributed by atoms with Crippen LogP contribution < -0.4 is 0 Å². The molecule has 2 fully saturated rings. The molecule has 0 spiro atoms. The monoisotopic (exact) mass is 580 g/mol. The van der Waals surface area contributed by atoms with Crippen LogP contribution in [0.3, 0.4) is 0 Å². The number of Topliss-reactive ketones (excluding diaryl/α,β-unsaturated/α-hetero) is 1. The molecule has 4 rings (SSSR count). The molecule has 0 amide bonds. The second kappa shape index (κ2) is 11.9. The van der Waals surface area contributed by atoms with Gasteiger partial charge in [-0.25, -0.2) is 4.79 Å². The van der Waals surface area contributed by atoms with E-state index >= 15 is 0 Å². The number of ether oxygens (including phenoxy) is 4. The zero-order valence-electron chi connectivity index (χ0n) is 25.3. The highest BCUT2D eigenvalue weighted by molar-refractivity contribution is 6.03. The first-order valence-corrected chi connectivity index (χ1v) is 14.4. The number of esters is 4. The maximum absolute atomic E-state index is 14.5. The maximum Gasteiger partial charge on any atom is 0.338 e. The van der Waals surface area contributed by atoms with Crippen molar-refractivity contribution in [1.82, 2.24) is 0 Å². The van der Waals surface area contributed by atoms with E-state index in [1.165, 1.54) is 20.8 Å². The van der Waals surface area contributed by atoms with Gasteiger partial charge in [-0.1, -0.05) is 51.1 Å². The highest BCUT2D eigenvalue weighted by Gasteiger charge is 2.65. The summed E-state index contributed by atoms with van der Waals surface area (Å²) in [4.78, 5) is 65.1. The molecule has 42 heavy (non-hydrogen) atoms. The average Bonchev–Trinajstić information content (AvgIpc) is 3.30. The fraction of sp³-hybridized carbons (Fsp3) is 0.545. The number of fused-ring (bicyclic) bond motifs is 2. The SMILES string of the molecule is CC(=O)OC/C1=C/C[C@H]2[C@@H](/C=C(\C)C(=O)[C@@]3(OC(C)=O)C[C@H](C)[C@H](OC(=O)c4ccccc4)[C@@H]3C1OC(C)=O)C2(C)C. The van der Waals surface area contributed by atoms with E-state index in [9.17, 15) is 24.0 Å². The minimum absolute atomic E-state index is 0.0318. The van der Waals surface area contributed by atoms with Crippen molar-refractivity contribution in [3.8, 4) is 0 Å². The highest BCUT2D eigenvalue weighted by Crippen LogP contribution is 2.62. The summed E-state index contributed by atoms with van der Waals surface area (Å²) >= 11 is 0. The van der Waals surface area contributed by atoms with Crippen LogP contribution in [0.2, 0.25) is 0 Å². The van der Waals surface area contributed by atoms with E-state index < -0.39 is 59.3 Å². The van der Waals surface area contributed by atoms with Crippen LogP contribution in [-0.4, -0.2) is 54.1 Å². The summed E-state index contributed by atoms with van der Waals surface area (Å²) in [6, 6.07) is 8.40. The predicted molar refractivity (Wildman–Crippen MR) is 152 cm³/mol. The average molecular weight is 581 g/mol. The van der Waals surface area contributed by atoms with E-state index in [0.717, 1.165) is 0 Å². The molecule has 0 N–H and O–H groups in total. The van der Waals surface area contributed by atoms with Crippen molar-refractivity contribution in [3.05, 3.63) is 59.2 Å². The molecule has 0 bridgehead atoms. The molecule has 3 aliphatic carbocycles. The minimum atomic E-state index is -1.82. The van der Waals surface area contributed by atoms with Gasteiger partial charge in [0.2, 0.25) is 5.78 Å². The number of allylic oxidation sites excluding steroid dienone is 2. The van der Waals surface area contributed by atoms with Crippen molar-refractivity contribution in [2.45, 2.75) is 79.1 Å². The van der Waals surface area contributed by atoms with E-state index in [1.54, 1.807) is 44.2 Å². The Morgan fingerprint density at radius 3 is 2.21 bits per heavy atom. The Kier molecular flexibility index (Phi) is 8.81. The van der Waals surface area contributed by atoms with Gasteiger partial charge in [-0.2, -0.15) is 0 Å². The van der Waals surface area contributed by atoms with Crippen LogP contribution in [0.1, 0.15) is 71.7 Å². The fourth-order valence-corrected chi connectivity index (χ4v) is 6.90. The van der Waals surface area contributed by atoms with Gasteiger partial charge in [0.25, 0.3) is 0 Å². The van der Waals surface area contributed by atoms with E-state index in [1.807, 2.05) is 12.2 Å². The van der Waals surface area contributed by atoms with Crippen molar-refractivity contribution < 1.29 is 42.9 Å². The molecule has 0 heterocycles. The van der Waals surface area contributed by atoms with Gasteiger partial charge >= 0.3 is 23.9 Å². The first-order valence-electron chi connectivity index (χ1n) is 14.4. The number of hydrogen-bond acceptors (Lipinski definition) is 9. The number of ketones is 1. The zero-order valence-corrected chi connectivity index (χ0v) is 25.3. The van der Waals surface area contributed by atoms with Gasteiger partial charge in [-0.15, -0.1) is 0 Å². The normalized spacial score (nSPS) is 34.1. The molecule has 7 atom stereocenters. The highest BCUT2D eigenvalue weighted by atomic mass is 16.6. The molecule has 0 radical (unpaired) electrons. The third-order valence-electron chi connectivity index (χ3n) is 9.03. The molecule has 9 nitrogen and oxygen atoms in total. The fourth-order valence-electron chi connectivity index (χ4n) is 6.90. The number of rotatable bonds is 6. The van der Waals surface area contributed by atoms with Gasteiger partial charge in [0.05, 0.1) is 11.5 Å². The second-order valence-electron chi connectivity index (χ2n) is 12.4. The topological polar surface area (TPSA) is 122 Å². The molecule has 0 aromatic heterocycles. The van der Waals surface area contributed by atoms with Crippen LogP contribution in [0.15, 0.2) is 53.6 Å². The van der Waals surface area contributed by atoms with Crippen molar-refractivity contribution in [3.63, 3.8) is 0 Å². The number of carbonyl (C=O) groups is 5. The number of hydrogen-bond donors (Lipinski definition) is 0. The summed E-state index contributed by atoms with van der Waals surface area (Å²) < 4.78 is 23.4.